The first kappa shape index (κ1) is 24.1. The number of ether oxygens (including phenoxy) is 3. The van der Waals surface area contributed by atoms with Crippen LogP contribution in [0.15, 0.2) is 59.6 Å². The number of guanidine groups is 1. The van der Waals surface area contributed by atoms with E-state index in [1.54, 1.807) is 0 Å². The van der Waals surface area contributed by atoms with Gasteiger partial charge in [-0.1, -0.05) is 42.5 Å². The largest absolute Gasteiger partial charge is 0.490 e. The second kappa shape index (κ2) is 13.8. The fourth-order valence-electron chi connectivity index (χ4n) is 3.74. The molecule has 1 heterocycles. The lowest BCUT2D eigenvalue weighted by atomic mass is 10.1. The van der Waals surface area contributed by atoms with E-state index in [-0.39, 0.29) is 6.10 Å². The summed E-state index contributed by atoms with van der Waals surface area (Å²) in [4.78, 5) is 7.25. The molecule has 2 aromatic carbocycles. The van der Waals surface area contributed by atoms with Crippen LogP contribution in [0.25, 0.3) is 0 Å². The third-order valence-electron chi connectivity index (χ3n) is 5.37. The summed E-state index contributed by atoms with van der Waals surface area (Å²) in [7, 11) is 0. The van der Waals surface area contributed by atoms with Crippen molar-refractivity contribution in [2.75, 3.05) is 39.5 Å². The Morgan fingerprint density at radius 2 is 1.72 bits per heavy atom. The van der Waals surface area contributed by atoms with Gasteiger partial charge < -0.3 is 24.4 Å². The predicted octanol–water partition coefficient (Wildman–Crippen LogP) is 4.25. The number of para-hydroxylation sites is 1. The molecule has 0 aliphatic carbocycles. The van der Waals surface area contributed by atoms with Crippen LogP contribution in [-0.4, -0.2) is 56.4 Å². The zero-order valence-corrected chi connectivity index (χ0v) is 19.5. The molecule has 6 nitrogen and oxygen atoms in total. The topological polar surface area (TPSA) is 55.3 Å². The Morgan fingerprint density at radius 1 is 0.969 bits per heavy atom. The molecule has 0 spiro atoms. The van der Waals surface area contributed by atoms with Crippen LogP contribution < -0.4 is 10.1 Å². The summed E-state index contributed by atoms with van der Waals surface area (Å²) in [6.07, 6.45) is 2.25. The monoisotopic (exact) mass is 439 g/mol. The van der Waals surface area contributed by atoms with Gasteiger partial charge in [0.15, 0.2) is 5.96 Å². The van der Waals surface area contributed by atoms with Gasteiger partial charge >= 0.3 is 0 Å². The van der Waals surface area contributed by atoms with E-state index in [0.29, 0.717) is 26.4 Å². The number of rotatable bonds is 11. The highest BCUT2D eigenvalue weighted by molar-refractivity contribution is 5.80. The third kappa shape index (κ3) is 8.17. The van der Waals surface area contributed by atoms with Crippen molar-refractivity contribution < 1.29 is 14.2 Å². The van der Waals surface area contributed by atoms with Crippen LogP contribution in [0.3, 0.4) is 0 Å². The zero-order chi connectivity index (χ0) is 22.4. The maximum Gasteiger partial charge on any atom is 0.194 e. The minimum absolute atomic E-state index is 0.260. The van der Waals surface area contributed by atoms with Gasteiger partial charge in [0.05, 0.1) is 26.4 Å². The third-order valence-corrected chi connectivity index (χ3v) is 5.37. The molecular formula is C26H37N3O3. The van der Waals surface area contributed by atoms with Gasteiger partial charge in [-0.05, 0) is 37.1 Å². The Hall–Kier alpha value is -2.57. The number of benzene rings is 2. The molecule has 1 saturated heterocycles. The van der Waals surface area contributed by atoms with Gasteiger partial charge in [0.2, 0.25) is 0 Å². The van der Waals surface area contributed by atoms with E-state index in [0.717, 1.165) is 56.4 Å². The Labute approximate surface area is 192 Å². The summed E-state index contributed by atoms with van der Waals surface area (Å²) in [6, 6.07) is 18.6. The SMILES string of the molecule is CCNC(=NCc1cccc(COCCOCC)c1)N1CCC(Oc2ccccc2)CC1. The number of aliphatic imine (C=N–C) groups is 1. The number of nitrogens with zero attached hydrogens (tertiary/aromatic N) is 2. The first-order chi connectivity index (χ1) is 15.8. The van der Waals surface area contributed by atoms with Crippen molar-refractivity contribution in [2.45, 2.75) is 45.9 Å². The number of nitrogens with one attached hydrogen (secondary N) is 1. The molecule has 174 valence electrons. The quantitative estimate of drug-likeness (QED) is 0.322. The molecule has 1 aliphatic heterocycles. The van der Waals surface area contributed by atoms with Crippen LogP contribution in [0.1, 0.15) is 37.8 Å². The molecule has 0 atom stereocenters. The number of hydrogen-bond donors (Lipinski definition) is 1. The molecule has 6 heteroatoms. The Morgan fingerprint density at radius 3 is 2.47 bits per heavy atom. The van der Waals surface area contributed by atoms with Crippen molar-refractivity contribution >= 4 is 5.96 Å². The van der Waals surface area contributed by atoms with E-state index in [1.165, 1.54) is 5.56 Å². The fraction of sp³-hybridized carbons (Fsp3) is 0.500. The molecular weight excluding hydrogens is 402 g/mol. The summed E-state index contributed by atoms with van der Waals surface area (Å²) in [5, 5.41) is 3.45. The standard InChI is InChI=1S/C26H37N3O3/c1-3-27-26(29-15-13-25(14-16-29)32-24-11-6-5-7-12-24)28-20-22-9-8-10-23(19-22)21-31-18-17-30-4-2/h5-12,19,25H,3-4,13-18,20-21H2,1-2H3,(H,27,28). The molecule has 32 heavy (non-hydrogen) atoms. The molecule has 1 fully saturated rings. The van der Waals surface area contributed by atoms with Gasteiger partial charge in [0.1, 0.15) is 11.9 Å². The van der Waals surface area contributed by atoms with Crippen molar-refractivity contribution in [3.05, 3.63) is 65.7 Å². The maximum absolute atomic E-state index is 6.13. The molecule has 0 radical (unpaired) electrons. The lowest BCUT2D eigenvalue weighted by molar-refractivity contribution is 0.0453. The second-order valence-electron chi connectivity index (χ2n) is 7.86. The minimum atomic E-state index is 0.260. The molecule has 1 N–H and O–H groups in total. The Balaban J connectivity index is 1.50. The highest BCUT2D eigenvalue weighted by atomic mass is 16.5. The van der Waals surface area contributed by atoms with Gasteiger partial charge in [0, 0.05) is 39.1 Å². The average molecular weight is 440 g/mol. The van der Waals surface area contributed by atoms with Crippen LogP contribution in [0.2, 0.25) is 0 Å². The van der Waals surface area contributed by atoms with E-state index >= 15 is 0 Å². The van der Waals surface area contributed by atoms with Crippen LogP contribution in [0, 0.1) is 0 Å². The average Bonchev–Trinajstić information content (AvgIpc) is 2.83. The van der Waals surface area contributed by atoms with Crippen molar-refractivity contribution in [1.29, 1.82) is 0 Å². The van der Waals surface area contributed by atoms with Crippen LogP contribution in [0.4, 0.5) is 0 Å². The van der Waals surface area contributed by atoms with Crippen LogP contribution in [0.5, 0.6) is 5.75 Å². The molecule has 0 aromatic heterocycles. The molecule has 0 unspecified atom stereocenters. The maximum atomic E-state index is 6.13. The highest BCUT2D eigenvalue weighted by Gasteiger charge is 2.22. The summed E-state index contributed by atoms with van der Waals surface area (Å²) < 4.78 is 17.1. The van der Waals surface area contributed by atoms with E-state index in [2.05, 4.69) is 41.4 Å². The first-order valence-electron chi connectivity index (χ1n) is 11.8. The predicted molar refractivity (Wildman–Crippen MR) is 129 cm³/mol. The van der Waals surface area contributed by atoms with Gasteiger partial charge in [-0.25, -0.2) is 4.99 Å². The van der Waals surface area contributed by atoms with Crippen molar-refractivity contribution in [3.8, 4) is 5.75 Å². The molecule has 0 bridgehead atoms. The van der Waals surface area contributed by atoms with Gasteiger partial charge in [-0.15, -0.1) is 0 Å². The van der Waals surface area contributed by atoms with Crippen molar-refractivity contribution in [3.63, 3.8) is 0 Å². The summed E-state index contributed by atoms with van der Waals surface area (Å²) in [5.74, 6) is 1.93. The van der Waals surface area contributed by atoms with Crippen LogP contribution in [-0.2, 0) is 22.6 Å². The first-order valence-corrected chi connectivity index (χ1v) is 11.8. The van der Waals surface area contributed by atoms with Gasteiger partial charge in [-0.3, -0.25) is 0 Å². The summed E-state index contributed by atoms with van der Waals surface area (Å²) >= 11 is 0. The lowest BCUT2D eigenvalue weighted by Gasteiger charge is -2.34. The minimum Gasteiger partial charge on any atom is -0.490 e. The lowest BCUT2D eigenvalue weighted by Crippen LogP contribution is -2.47. The van der Waals surface area contributed by atoms with Crippen molar-refractivity contribution in [2.24, 2.45) is 4.99 Å². The Bertz CT molecular complexity index is 805. The van der Waals surface area contributed by atoms with Gasteiger partial charge in [-0.2, -0.15) is 0 Å². The number of likely N-dealkylation sites (tertiary alicyclic amines) is 1. The van der Waals surface area contributed by atoms with E-state index < -0.39 is 0 Å². The van der Waals surface area contributed by atoms with E-state index in [4.69, 9.17) is 19.2 Å². The van der Waals surface area contributed by atoms with E-state index in [1.807, 2.05) is 37.3 Å². The molecule has 1 aliphatic rings. The Kier molecular flexibility index (Phi) is 10.4. The highest BCUT2D eigenvalue weighted by Crippen LogP contribution is 2.19. The summed E-state index contributed by atoms with van der Waals surface area (Å²) in [5.41, 5.74) is 2.35. The van der Waals surface area contributed by atoms with Gasteiger partial charge in [0.25, 0.3) is 0 Å². The molecule has 0 saturated carbocycles. The number of piperidine rings is 1. The number of hydrogen-bond acceptors (Lipinski definition) is 4. The van der Waals surface area contributed by atoms with Crippen molar-refractivity contribution in [1.82, 2.24) is 10.2 Å². The fourth-order valence-corrected chi connectivity index (χ4v) is 3.74. The normalized spacial score (nSPS) is 15.1. The molecule has 2 aromatic rings. The molecule has 3 rings (SSSR count). The molecule has 0 amide bonds. The van der Waals surface area contributed by atoms with Crippen LogP contribution >= 0.6 is 0 Å². The second-order valence-corrected chi connectivity index (χ2v) is 7.86. The summed E-state index contributed by atoms with van der Waals surface area (Å²) in [6.45, 7) is 10.1. The zero-order valence-electron chi connectivity index (χ0n) is 19.5. The van der Waals surface area contributed by atoms with E-state index in [9.17, 15) is 0 Å². The smallest absolute Gasteiger partial charge is 0.194 e.